The molecule has 3 rings (SSSR count). The summed E-state index contributed by atoms with van der Waals surface area (Å²) in [6, 6.07) is 10.1. The molecule has 0 atom stereocenters. The molecule has 0 aliphatic rings. The van der Waals surface area contributed by atoms with Gasteiger partial charge in [0.05, 0.1) is 21.3 Å². The number of rotatable bonds is 3. The predicted octanol–water partition coefficient (Wildman–Crippen LogP) is 5.97. The summed E-state index contributed by atoms with van der Waals surface area (Å²) in [4.78, 5) is 11.4. The molecule has 1 aromatic heterocycles. The van der Waals surface area contributed by atoms with Gasteiger partial charge in [-0.1, -0.05) is 52.5 Å². The monoisotopic (exact) mass is 384 g/mol. The first kappa shape index (κ1) is 16.3. The van der Waals surface area contributed by atoms with Crippen LogP contribution in [0.3, 0.4) is 0 Å². The van der Waals surface area contributed by atoms with Crippen LogP contribution < -0.4 is 0 Å². The van der Waals surface area contributed by atoms with Crippen molar-refractivity contribution in [3.63, 3.8) is 0 Å². The average molecular weight is 386 g/mol. The third-order valence-electron chi connectivity index (χ3n) is 3.17. The summed E-state index contributed by atoms with van der Waals surface area (Å²) in [7, 11) is 0. The second kappa shape index (κ2) is 6.54. The summed E-state index contributed by atoms with van der Waals surface area (Å²) >= 11 is 24.0. The van der Waals surface area contributed by atoms with Crippen LogP contribution >= 0.6 is 46.4 Å². The van der Waals surface area contributed by atoms with Crippen LogP contribution in [0.25, 0.3) is 16.9 Å². The van der Waals surface area contributed by atoms with Crippen LogP contribution in [0.15, 0.2) is 42.6 Å². The highest BCUT2D eigenvalue weighted by Crippen LogP contribution is 2.30. The van der Waals surface area contributed by atoms with Crippen molar-refractivity contribution in [3.05, 3.63) is 68.2 Å². The molecule has 3 aromatic rings. The van der Waals surface area contributed by atoms with E-state index in [-0.39, 0.29) is 0 Å². The topological polar surface area (TPSA) is 34.9 Å². The molecular formula is C16H8Cl4N2O. The molecule has 7 heteroatoms. The van der Waals surface area contributed by atoms with Crippen LogP contribution in [0.4, 0.5) is 0 Å². The average Bonchev–Trinajstić information content (AvgIpc) is 2.93. The number of benzene rings is 2. The van der Waals surface area contributed by atoms with Crippen molar-refractivity contribution in [1.82, 2.24) is 9.78 Å². The molecule has 2 aromatic carbocycles. The first-order valence-electron chi connectivity index (χ1n) is 6.44. The van der Waals surface area contributed by atoms with Crippen molar-refractivity contribution in [1.29, 1.82) is 0 Å². The number of aldehydes is 1. The van der Waals surface area contributed by atoms with Gasteiger partial charge in [-0.2, -0.15) is 5.10 Å². The zero-order chi connectivity index (χ0) is 16.6. The molecular weight excluding hydrogens is 378 g/mol. The number of carbonyl (C=O) groups excluding carboxylic acids is 1. The highest BCUT2D eigenvalue weighted by atomic mass is 35.5. The summed E-state index contributed by atoms with van der Waals surface area (Å²) in [5.74, 6) is 0. The minimum atomic E-state index is 0.390. The van der Waals surface area contributed by atoms with Crippen LogP contribution in [0.5, 0.6) is 0 Å². The molecule has 0 radical (unpaired) electrons. The smallest absolute Gasteiger partial charge is 0.153 e. The quantitative estimate of drug-likeness (QED) is 0.521. The van der Waals surface area contributed by atoms with Crippen LogP contribution in [0, 0.1) is 0 Å². The number of nitrogens with zero attached hydrogens (tertiary/aromatic N) is 2. The zero-order valence-electron chi connectivity index (χ0n) is 11.4. The Labute approximate surface area is 152 Å². The summed E-state index contributed by atoms with van der Waals surface area (Å²) in [6.07, 6.45) is 2.33. The zero-order valence-corrected chi connectivity index (χ0v) is 14.5. The van der Waals surface area contributed by atoms with Gasteiger partial charge in [0.2, 0.25) is 0 Å². The Hall–Kier alpha value is -1.52. The molecule has 116 valence electrons. The maximum Gasteiger partial charge on any atom is 0.153 e. The Morgan fingerprint density at radius 3 is 2.22 bits per heavy atom. The van der Waals surface area contributed by atoms with Gasteiger partial charge in [-0.25, -0.2) is 4.68 Å². The van der Waals surface area contributed by atoms with E-state index in [2.05, 4.69) is 5.10 Å². The Morgan fingerprint density at radius 2 is 1.61 bits per heavy atom. The van der Waals surface area contributed by atoms with E-state index in [0.29, 0.717) is 42.6 Å². The minimum absolute atomic E-state index is 0.390. The third kappa shape index (κ3) is 3.38. The van der Waals surface area contributed by atoms with Gasteiger partial charge in [-0.15, -0.1) is 0 Å². The van der Waals surface area contributed by atoms with Gasteiger partial charge in [-0.3, -0.25) is 4.79 Å². The van der Waals surface area contributed by atoms with Crippen molar-refractivity contribution in [2.24, 2.45) is 0 Å². The van der Waals surface area contributed by atoms with E-state index in [1.165, 1.54) is 0 Å². The van der Waals surface area contributed by atoms with Crippen LogP contribution in [0.2, 0.25) is 20.1 Å². The first-order valence-corrected chi connectivity index (χ1v) is 7.96. The lowest BCUT2D eigenvalue weighted by Gasteiger charge is -2.03. The van der Waals surface area contributed by atoms with E-state index >= 15 is 0 Å². The molecule has 0 fully saturated rings. The number of halogens is 4. The van der Waals surface area contributed by atoms with Crippen LogP contribution in [0.1, 0.15) is 10.4 Å². The van der Waals surface area contributed by atoms with E-state index in [1.807, 2.05) is 0 Å². The van der Waals surface area contributed by atoms with Crippen molar-refractivity contribution >= 4 is 52.7 Å². The molecule has 0 spiro atoms. The normalized spacial score (nSPS) is 10.8. The fourth-order valence-electron chi connectivity index (χ4n) is 2.15. The molecule has 0 N–H and O–H groups in total. The minimum Gasteiger partial charge on any atom is -0.298 e. The van der Waals surface area contributed by atoms with E-state index < -0.39 is 0 Å². The van der Waals surface area contributed by atoms with Gasteiger partial charge in [0, 0.05) is 21.8 Å². The van der Waals surface area contributed by atoms with Gasteiger partial charge in [0.25, 0.3) is 0 Å². The summed E-state index contributed by atoms with van der Waals surface area (Å²) in [5.41, 5.74) is 2.25. The molecule has 0 unspecified atom stereocenters. The van der Waals surface area contributed by atoms with Gasteiger partial charge >= 0.3 is 0 Å². The SMILES string of the molecule is O=Cc1cn(-c2cc(Cl)cc(Cl)c2)nc1-c1ccc(Cl)c(Cl)c1. The van der Waals surface area contributed by atoms with Gasteiger partial charge in [0.1, 0.15) is 5.69 Å². The lowest BCUT2D eigenvalue weighted by molar-refractivity contribution is 0.112. The van der Waals surface area contributed by atoms with Gasteiger partial charge < -0.3 is 0 Å². The molecule has 1 heterocycles. The molecule has 3 nitrogen and oxygen atoms in total. The van der Waals surface area contributed by atoms with Gasteiger partial charge in [0.15, 0.2) is 6.29 Å². The second-order valence-corrected chi connectivity index (χ2v) is 6.44. The molecule has 23 heavy (non-hydrogen) atoms. The number of carbonyl (C=O) groups is 1. The number of hydrogen-bond acceptors (Lipinski definition) is 2. The third-order valence-corrected chi connectivity index (χ3v) is 4.35. The predicted molar refractivity (Wildman–Crippen MR) is 94.4 cm³/mol. The standard InChI is InChI=1S/C16H8Cl4N2O/c17-11-4-12(18)6-13(5-11)22-7-10(8-23)16(21-22)9-1-2-14(19)15(20)3-9/h1-8H. The molecule has 0 saturated carbocycles. The molecule has 0 aliphatic heterocycles. The summed E-state index contributed by atoms with van der Waals surface area (Å²) < 4.78 is 1.54. The lowest BCUT2D eigenvalue weighted by atomic mass is 10.1. The van der Waals surface area contributed by atoms with Crippen molar-refractivity contribution in [2.45, 2.75) is 0 Å². The highest BCUT2D eigenvalue weighted by molar-refractivity contribution is 6.42. The maximum atomic E-state index is 11.4. The van der Waals surface area contributed by atoms with E-state index in [9.17, 15) is 4.79 Å². The second-order valence-electron chi connectivity index (χ2n) is 4.75. The van der Waals surface area contributed by atoms with Crippen molar-refractivity contribution < 1.29 is 4.79 Å². The molecule has 0 bridgehead atoms. The van der Waals surface area contributed by atoms with E-state index in [1.54, 1.807) is 47.3 Å². The highest BCUT2D eigenvalue weighted by Gasteiger charge is 2.13. The molecule has 0 saturated heterocycles. The number of hydrogen-bond donors (Lipinski definition) is 0. The lowest BCUT2D eigenvalue weighted by Crippen LogP contribution is -1.95. The molecule has 0 amide bonds. The van der Waals surface area contributed by atoms with Gasteiger partial charge in [-0.05, 0) is 30.3 Å². The summed E-state index contributed by atoms with van der Waals surface area (Å²) in [6.45, 7) is 0. The maximum absolute atomic E-state index is 11.4. The van der Waals surface area contributed by atoms with Crippen molar-refractivity contribution in [3.8, 4) is 16.9 Å². The largest absolute Gasteiger partial charge is 0.298 e. The Morgan fingerprint density at radius 1 is 0.913 bits per heavy atom. The fourth-order valence-corrected chi connectivity index (χ4v) is 2.96. The van der Waals surface area contributed by atoms with Crippen molar-refractivity contribution in [2.75, 3.05) is 0 Å². The fraction of sp³-hybridized carbons (Fsp3) is 0. The van der Waals surface area contributed by atoms with E-state index in [0.717, 1.165) is 6.29 Å². The van der Waals surface area contributed by atoms with Crippen LogP contribution in [-0.4, -0.2) is 16.1 Å². The van der Waals surface area contributed by atoms with E-state index in [4.69, 9.17) is 46.4 Å². The number of aromatic nitrogens is 2. The summed E-state index contributed by atoms with van der Waals surface area (Å²) in [5, 5.41) is 6.22. The Balaban J connectivity index is 2.14. The Bertz CT molecular complexity index is 885. The van der Waals surface area contributed by atoms with Crippen LogP contribution in [-0.2, 0) is 0 Å². The first-order chi connectivity index (χ1) is 11.0. The molecule has 0 aliphatic carbocycles. The Kier molecular flexibility index (Phi) is 4.64.